The monoisotopic (exact) mass is 416 g/mol. The number of likely N-dealkylation sites (tertiary alicyclic amines) is 2. The summed E-state index contributed by atoms with van der Waals surface area (Å²) >= 11 is 0. The molecule has 6 nitrogen and oxygen atoms in total. The molecular formula is C25H30N5O. The van der Waals surface area contributed by atoms with Gasteiger partial charge in [-0.1, -0.05) is 19.1 Å². The van der Waals surface area contributed by atoms with Crippen LogP contribution in [0.5, 0.6) is 0 Å². The van der Waals surface area contributed by atoms with Crippen LogP contribution in [0.3, 0.4) is 0 Å². The molecule has 2 fully saturated rings. The number of aromatic amines is 1. The molecule has 2 aliphatic heterocycles. The van der Waals surface area contributed by atoms with Crippen LogP contribution in [0, 0.1) is 11.8 Å². The van der Waals surface area contributed by atoms with Gasteiger partial charge in [-0.2, -0.15) is 0 Å². The molecule has 2 aromatic heterocycles. The van der Waals surface area contributed by atoms with E-state index in [4.69, 9.17) is 0 Å². The molecule has 1 aromatic carbocycles. The van der Waals surface area contributed by atoms with Gasteiger partial charge in [-0.25, -0.2) is 4.98 Å². The molecular weight excluding hydrogens is 386 g/mol. The topological polar surface area (TPSA) is 65.1 Å². The molecule has 0 unspecified atom stereocenters. The zero-order chi connectivity index (χ0) is 21.3. The molecule has 3 aromatic rings. The molecule has 1 spiro atoms. The molecule has 4 heterocycles. The summed E-state index contributed by atoms with van der Waals surface area (Å²) in [6.07, 6.45) is 8.44. The second kappa shape index (κ2) is 8.42. The average Bonchev–Trinajstić information content (AvgIpc) is 3.25. The van der Waals surface area contributed by atoms with Gasteiger partial charge in [0.15, 0.2) is 0 Å². The number of fused-ring (bicyclic) bond motifs is 1. The van der Waals surface area contributed by atoms with Crippen LogP contribution in [-0.2, 0) is 6.54 Å². The summed E-state index contributed by atoms with van der Waals surface area (Å²) in [6.45, 7) is 6.81. The molecule has 6 heteroatoms. The van der Waals surface area contributed by atoms with E-state index in [0.717, 1.165) is 73.7 Å². The highest BCUT2D eigenvalue weighted by atomic mass is 16.2. The number of amides is 1. The Morgan fingerprint density at radius 2 is 1.84 bits per heavy atom. The van der Waals surface area contributed by atoms with Crippen molar-refractivity contribution in [3.8, 4) is 0 Å². The Bertz CT molecular complexity index is 1040. The van der Waals surface area contributed by atoms with Gasteiger partial charge in [-0.05, 0) is 68.5 Å². The standard InChI is InChI=1S/C25H30N5O/c1-2-22-27-21-8-5-7-20(23(21)28-22)24(31)30-16-11-25(12-17-30)9-14-29(15-10-25)18-19-6-3-4-13-26-19/h2-8,13H,9-12,14-18H2,1H3,(H,27,28). The second-order valence-corrected chi connectivity index (χ2v) is 9.00. The fourth-order valence-electron chi connectivity index (χ4n) is 5.13. The van der Waals surface area contributed by atoms with Crippen LogP contribution in [0.1, 0.15) is 54.5 Å². The van der Waals surface area contributed by atoms with E-state index in [0.29, 0.717) is 5.41 Å². The zero-order valence-electron chi connectivity index (χ0n) is 18.2. The van der Waals surface area contributed by atoms with Crippen molar-refractivity contribution < 1.29 is 4.79 Å². The molecule has 1 amide bonds. The van der Waals surface area contributed by atoms with E-state index in [-0.39, 0.29) is 5.91 Å². The van der Waals surface area contributed by atoms with E-state index < -0.39 is 0 Å². The third-order valence-electron chi connectivity index (χ3n) is 7.18. The zero-order valence-corrected chi connectivity index (χ0v) is 18.2. The first-order chi connectivity index (χ1) is 15.2. The number of carbonyl (C=O) groups excluding carboxylic acids is 1. The number of carbonyl (C=O) groups is 1. The summed E-state index contributed by atoms with van der Waals surface area (Å²) in [6, 6.07) is 11.9. The summed E-state index contributed by atoms with van der Waals surface area (Å²) in [4.78, 5) is 30.1. The SMILES string of the molecule is C[CH]c1nc2cccc(C(=O)N3CCC4(CCN(Cc5ccccn5)CC4)CC3)c2[nH]1. The van der Waals surface area contributed by atoms with Gasteiger partial charge in [-0.3, -0.25) is 14.7 Å². The van der Waals surface area contributed by atoms with Crippen LogP contribution in [-0.4, -0.2) is 56.8 Å². The van der Waals surface area contributed by atoms with Gasteiger partial charge >= 0.3 is 0 Å². The lowest BCUT2D eigenvalue weighted by Crippen LogP contribution is -2.48. The lowest BCUT2D eigenvalue weighted by atomic mass is 9.71. The Morgan fingerprint density at radius 1 is 1.06 bits per heavy atom. The van der Waals surface area contributed by atoms with Crippen molar-refractivity contribution in [1.29, 1.82) is 0 Å². The predicted molar refractivity (Wildman–Crippen MR) is 121 cm³/mol. The van der Waals surface area contributed by atoms with Gasteiger partial charge < -0.3 is 9.88 Å². The first-order valence-corrected chi connectivity index (χ1v) is 11.4. The molecule has 5 rings (SSSR count). The number of para-hydroxylation sites is 1. The van der Waals surface area contributed by atoms with Gasteiger partial charge in [0.2, 0.25) is 0 Å². The van der Waals surface area contributed by atoms with Gasteiger partial charge in [0.25, 0.3) is 5.91 Å². The van der Waals surface area contributed by atoms with Gasteiger partial charge in [0, 0.05) is 32.3 Å². The number of benzene rings is 1. The summed E-state index contributed by atoms with van der Waals surface area (Å²) in [5.41, 5.74) is 3.98. The van der Waals surface area contributed by atoms with Crippen molar-refractivity contribution in [3.05, 3.63) is 66.1 Å². The van der Waals surface area contributed by atoms with Crippen molar-refractivity contribution in [2.24, 2.45) is 5.41 Å². The normalized spacial score (nSPS) is 19.2. The van der Waals surface area contributed by atoms with Crippen molar-refractivity contribution >= 4 is 16.9 Å². The average molecular weight is 417 g/mol. The number of hydrogen-bond donors (Lipinski definition) is 1. The summed E-state index contributed by atoms with van der Waals surface area (Å²) < 4.78 is 0. The Morgan fingerprint density at radius 3 is 2.55 bits per heavy atom. The first kappa shape index (κ1) is 20.2. The van der Waals surface area contributed by atoms with E-state index in [1.165, 1.54) is 12.8 Å². The summed E-state index contributed by atoms with van der Waals surface area (Å²) in [5, 5.41) is 0. The van der Waals surface area contributed by atoms with Gasteiger partial charge in [0.05, 0.1) is 22.3 Å². The fraction of sp³-hybridized carbons (Fsp3) is 0.440. The van der Waals surface area contributed by atoms with Crippen molar-refractivity contribution in [2.75, 3.05) is 26.2 Å². The molecule has 0 aliphatic carbocycles. The minimum atomic E-state index is 0.124. The van der Waals surface area contributed by atoms with Crippen LogP contribution in [0.25, 0.3) is 11.0 Å². The van der Waals surface area contributed by atoms with Crippen molar-refractivity contribution in [2.45, 2.75) is 39.2 Å². The Balaban J connectivity index is 1.20. The highest BCUT2D eigenvalue weighted by molar-refractivity contribution is 6.05. The van der Waals surface area contributed by atoms with Crippen molar-refractivity contribution in [3.63, 3.8) is 0 Å². The van der Waals surface area contributed by atoms with E-state index in [1.54, 1.807) is 0 Å². The summed E-state index contributed by atoms with van der Waals surface area (Å²) in [7, 11) is 0. The quantitative estimate of drug-likeness (QED) is 0.697. The third-order valence-corrected chi connectivity index (χ3v) is 7.18. The van der Waals surface area contributed by atoms with Crippen LogP contribution in [0.2, 0.25) is 0 Å². The maximum atomic E-state index is 13.3. The minimum Gasteiger partial charge on any atom is -0.341 e. The largest absolute Gasteiger partial charge is 0.341 e. The number of hydrogen-bond acceptors (Lipinski definition) is 4. The Hall–Kier alpha value is -2.73. The smallest absolute Gasteiger partial charge is 0.256 e. The highest BCUT2D eigenvalue weighted by Gasteiger charge is 2.38. The molecule has 0 saturated carbocycles. The number of nitrogens with zero attached hydrogens (tertiary/aromatic N) is 4. The number of nitrogens with one attached hydrogen (secondary N) is 1. The maximum absolute atomic E-state index is 13.3. The molecule has 161 valence electrons. The molecule has 2 saturated heterocycles. The van der Waals surface area contributed by atoms with E-state index in [9.17, 15) is 4.79 Å². The van der Waals surface area contributed by atoms with Crippen molar-refractivity contribution in [1.82, 2.24) is 24.8 Å². The molecule has 31 heavy (non-hydrogen) atoms. The van der Waals surface area contributed by atoms with Gasteiger partial charge in [0.1, 0.15) is 5.82 Å². The van der Waals surface area contributed by atoms with Gasteiger partial charge in [-0.15, -0.1) is 0 Å². The fourth-order valence-corrected chi connectivity index (χ4v) is 5.13. The maximum Gasteiger partial charge on any atom is 0.256 e. The molecule has 2 aliphatic rings. The van der Waals surface area contributed by atoms with Crippen LogP contribution in [0.15, 0.2) is 42.6 Å². The first-order valence-electron chi connectivity index (χ1n) is 11.4. The van der Waals surface area contributed by atoms with Crippen LogP contribution < -0.4 is 0 Å². The van der Waals surface area contributed by atoms with E-state index in [1.807, 2.05) is 48.7 Å². The molecule has 0 bridgehead atoms. The molecule has 1 radical (unpaired) electrons. The van der Waals surface area contributed by atoms with Crippen LogP contribution >= 0.6 is 0 Å². The van der Waals surface area contributed by atoms with Crippen LogP contribution in [0.4, 0.5) is 0 Å². The molecule has 1 N–H and O–H groups in total. The van der Waals surface area contributed by atoms with E-state index in [2.05, 4.69) is 32.0 Å². The summed E-state index contributed by atoms with van der Waals surface area (Å²) in [5.74, 6) is 0.935. The Labute approximate surface area is 183 Å². The number of aromatic nitrogens is 3. The number of piperidine rings is 2. The lowest BCUT2D eigenvalue weighted by Gasteiger charge is -2.47. The number of rotatable bonds is 4. The molecule has 0 atom stereocenters. The van der Waals surface area contributed by atoms with E-state index >= 15 is 0 Å². The lowest BCUT2D eigenvalue weighted by molar-refractivity contribution is 0.0283. The predicted octanol–water partition coefficient (Wildman–Crippen LogP) is 4.05. The second-order valence-electron chi connectivity index (χ2n) is 9.00. The number of pyridine rings is 1. The number of imidazole rings is 1. The third kappa shape index (κ3) is 4.09. The Kier molecular flexibility index (Phi) is 5.48. The highest BCUT2D eigenvalue weighted by Crippen LogP contribution is 2.41. The minimum absolute atomic E-state index is 0.124. The number of H-pyrrole nitrogens is 1.